The molecule has 0 saturated carbocycles. The molecule has 0 aliphatic heterocycles. The van der Waals surface area contributed by atoms with Crippen molar-refractivity contribution in [2.24, 2.45) is 7.05 Å². The van der Waals surface area contributed by atoms with Gasteiger partial charge in [0, 0.05) is 18.3 Å². The molecule has 0 atom stereocenters. The van der Waals surface area contributed by atoms with Gasteiger partial charge in [0.1, 0.15) is 5.82 Å². The van der Waals surface area contributed by atoms with Crippen molar-refractivity contribution in [1.29, 1.82) is 0 Å². The summed E-state index contributed by atoms with van der Waals surface area (Å²) in [5.74, 6) is -0.849. The van der Waals surface area contributed by atoms with E-state index in [4.69, 9.17) is 4.42 Å². The van der Waals surface area contributed by atoms with Gasteiger partial charge in [-0.15, -0.1) is 10.2 Å². The van der Waals surface area contributed by atoms with Gasteiger partial charge < -0.3 is 14.7 Å². The van der Waals surface area contributed by atoms with E-state index in [-0.39, 0.29) is 29.0 Å². The third kappa shape index (κ3) is 4.36. The average Bonchev–Trinajstić information content (AvgIpc) is 3.11. The number of H-pyrrole nitrogens is 1. The Kier molecular flexibility index (Phi) is 5.73. The molecule has 0 aliphatic carbocycles. The van der Waals surface area contributed by atoms with Gasteiger partial charge >= 0.3 is 5.69 Å². The lowest BCUT2D eigenvalue weighted by Gasteiger charge is -2.05. The van der Waals surface area contributed by atoms with Crippen LogP contribution in [0.1, 0.15) is 17.1 Å². The predicted octanol–water partition coefficient (Wildman–Crippen LogP) is 1.23. The first-order valence-electron chi connectivity index (χ1n) is 8.13. The smallest absolute Gasteiger partial charge is 0.328 e. The molecule has 3 rings (SSSR count). The van der Waals surface area contributed by atoms with E-state index < -0.39 is 23.0 Å². The molecule has 1 amide bonds. The normalized spacial score (nSPS) is 10.8. The molecule has 1 aromatic carbocycles. The number of nitrogens with zero attached hydrogens (tertiary/aromatic N) is 3. The summed E-state index contributed by atoms with van der Waals surface area (Å²) in [6.45, 7) is 1.61. The average molecular weight is 405 g/mol. The van der Waals surface area contributed by atoms with Crippen LogP contribution in [-0.4, -0.2) is 31.4 Å². The van der Waals surface area contributed by atoms with Gasteiger partial charge in [-0.2, -0.15) is 0 Å². The number of amides is 1. The topological polar surface area (TPSA) is 123 Å². The fraction of sp³-hybridized carbons (Fsp3) is 0.235. The molecule has 0 bridgehead atoms. The van der Waals surface area contributed by atoms with Crippen molar-refractivity contribution >= 4 is 23.4 Å². The number of anilines is 1. The number of carbonyl (C=O) groups excluding carboxylic acids is 1. The number of aromatic nitrogens is 4. The van der Waals surface area contributed by atoms with E-state index in [2.05, 4.69) is 20.5 Å². The van der Waals surface area contributed by atoms with Crippen molar-refractivity contribution in [3.8, 4) is 0 Å². The lowest BCUT2D eigenvalue weighted by Crippen LogP contribution is -2.36. The summed E-state index contributed by atoms with van der Waals surface area (Å²) in [5.41, 5.74) is -0.111. The Hall–Kier alpha value is -3.21. The minimum absolute atomic E-state index is 0.0459. The molecular formula is C17H16FN5O4S. The van der Waals surface area contributed by atoms with E-state index in [9.17, 15) is 18.8 Å². The number of nitrogens with one attached hydrogen (secondary N) is 2. The number of hydrogen-bond donors (Lipinski definition) is 2. The van der Waals surface area contributed by atoms with Gasteiger partial charge in [-0.05, 0) is 19.1 Å². The monoisotopic (exact) mass is 405 g/mol. The highest BCUT2D eigenvalue weighted by Gasteiger charge is 2.15. The first-order valence-corrected chi connectivity index (χ1v) is 9.12. The number of rotatable bonds is 6. The van der Waals surface area contributed by atoms with Crippen LogP contribution >= 0.6 is 11.8 Å². The minimum atomic E-state index is -0.529. The van der Waals surface area contributed by atoms with Crippen molar-refractivity contribution in [1.82, 2.24) is 19.7 Å². The van der Waals surface area contributed by atoms with Crippen LogP contribution in [0.15, 0.2) is 43.5 Å². The molecule has 11 heteroatoms. The second-order valence-electron chi connectivity index (χ2n) is 5.85. The first kappa shape index (κ1) is 19.5. The number of carbonyl (C=O) groups is 1. The van der Waals surface area contributed by atoms with Gasteiger partial charge in [-0.25, -0.2) is 9.18 Å². The second kappa shape index (κ2) is 8.21. The van der Waals surface area contributed by atoms with Gasteiger partial charge in [-0.3, -0.25) is 14.2 Å². The summed E-state index contributed by atoms with van der Waals surface area (Å²) in [7, 11) is 1.37. The van der Waals surface area contributed by atoms with Gasteiger partial charge in [0.2, 0.25) is 11.8 Å². The van der Waals surface area contributed by atoms with Crippen LogP contribution in [-0.2, 0) is 18.3 Å². The summed E-state index contributed by atoms with van der Waals surface area (Å²) in [6, 6.07) is 5.84. The second-order valence-corrected chi connectivity index (χ2v) is 6.78. The highest BCUT2D eigenvalue weighted by Crippen LogP contribution is 2.19. The lowest BCUT2D eigenvalue weighted by atomic mass is 10.2. The van der Waals surface area contributed by atoms with Gasteiger partial charge in [0.15, 0.2) is 0 Å². The van der Waals surface area contributed by atoms with Gasteiger partial charge in [0.25, 0.3) is 10.8 Å². The maximum Gasteiger partial charge on any atom is 0.328 e. The summed E-state index contributed by atoms with van der Waals surface area (Å²) in [6.07, 6.45) is 0.0459. The minimum Gasteiger partial charge on any atom is -0.416 e. The molecule has 0 unspecified atom stereocenters. The molecule has 0 fully saturated rings. The Labute approximate surface area is 162 Å². The summed E-state index contributed by atoms with van der Waals surface area (Å²) in [4.78, 5) is 38.3. The van der Waals surface area contributed by atoms with E-state index >= 15 is 0 Å². The van der Waals surface area contributed by atoms with E-state index in [0.29, 0.717) is 11.3 Å². The van der Waals surface area contributed by atoms with E-state index in [0.717, 1.165) is 16.3 Å². The summed E-state index contributed by atoms with van der Waals surface area (Å²) >= 11 is 0.983. The molecule has 0 radical (unpaired) electrons. The molecule has 146 valence electrons. The van der Waals surface area contributed by atoms with Crippen LogP contribution < -0.4 is 16.6 Å². The largest absolute Gasteiger partial charge is 0.416 e. The zero-order valence-corrected chi connectivity index (χ0v) is 15.8. The maximum atomic E-state index is 13.5. The predicted molar refractivity (Wildman–Crippen MR) is 99.9 cm³/mol. The third-order valence-electron chi connectivity index (χ3n) is 3.87. The molecule has 0 spiro atoms. The maximum absolute atomic E-state index is 13.5. The number of benzene rings is 1. The molecule has 3 aromatic rings. The van der Waals surface area contributed by atoms with Gasteiger partial charge in [-0.1, -0.05) is 23.9 Å². The van der Waals surface area contributed by atoms with Crippen molar-refractivity contribution in [2.75, 3.05) is 11.1 Å². The molecule has 2 N–H and O–H groups in total. The van der Waals surface area contributed by atoms with Crippen molar-refractivity contribution < 1.29 is 13.6 Å². The number of aryl methyl sites for hydroxylation is 1. The van der Waals surface area contributed by atoms with Crippen LogP contribution in [0.3, 0.4) is 0 Å². The SMILES string of the molecule is Cc1[nH]c(=O)n(C)c(=O)c1Cc1nnc(SCC(=O)Nc2ccccc2F)o1. The van der Waals surface area contributed by atoms with Crippen molar-refractivity contribution in [2.45, 2.75) is 18.6 Å². The molecule has 2 heterocycles. The van der Waals surface area contributed by atoms with Crippen molar-refractivity contribution in [3.05, 3.63) is 68.1 Å². The van der Waals surface area contributed by atoms with E-state index in [1.807, 2.05) is 0 Å². The number of para-hydroxylation sites is 1. The fourth-order valence-electron chi connectivity index (χ4n) is 2.38. The number of aromatic amines is 1. The molecule has 0 saturated heterocycles. The Bertz CT molecular complexity index is 1140. The number of hydrogen-bond acceptors (Lipinski definition) is 7. The Balaban J connectivity index is 1.63. The fourth-order valence-corrected chi connectivity index (χ4v) is 2.96. The van der Waals surface area contributed by atoms with Crippen LogP contribution in [0.4, 0.5) is 10.1 Å². The van der Waals surface area contributed by atoms with Crippen LogP contribution in [0.25, 0.3) is 0 Å². The van der Waals surface area contributed by atoms with Gasteiger partial charge in [0.05, 0.1) is 17.9 Å². The third-order valence-corrected chi connectivity index (χ3v) is 4.68. The van der Waals surface area contributed by atoms with Crippen molar-refractivity contribution in [3.63, 3.8) is 0 Å². The number of thioether (sulfide) groups is 1. The molecule has 28 heavy (non-hydrogen) atoms. The highest BCUT2D eigenvalue weighted by atomic mass is 32.2. The zero-order chi connectivity index (χ0) is 20.3. The Morgan fingerprint density at radius 2 is 2.07 bits per heavy atom. The lowest BCUT2D eigenvalue weighted by molar-refractivity contribution is -0.113. The molecule has 2 aromatic heterocycles. The number of halogens is 1. The standard InChI is InChI=1S/C17H16FN5O4S/c1-9-10(15(25)23(2)16(26)19-9)7-14-21-22-17(27-14)28-8-13(24)20-12-6-4-3-5-11(12)18/h3-6H,7-8H2,1-2H3,(H,19,26)(H,20,24). The molecule has 0 aliphatic rings. The highest BCUT2D eigenvalue weighted by molar-refractivity contribution is 7.99. The molecule has 9 nitrogen and oxygen atoms in total. The zero-order valence-electron chi connectivity index (χ0n) is 15.0. The van der Waals surface area contributed by atoms with E-state index in [1.54, 1.807) is 13.0 Å². The van der Waals surface area contributed by atoms with Crippen LogP contribution in [0.2, 0.25) is 0 Å². The van der Waals surface area contributed by atoms with Crippen LogP contribution in [0, 0.1) is 12.7 Å². The first-order chi connectivity index (χ1) is 13.3. The van der Waals surface area contributed by atoms with Crippen LogP contribution in [0.5, 0.6) is 0 Å². The van der Waals surface area contributed by atoms with E-state index in [1.165, 1.54) is 25.2 Å². The quantitative estimate of drug-likeness (QED) is 0.591. The Morgan fingerprint density at radius 3 is 2.82 bits per heavy atom. The molecular weight excluding hydrogens is 389 g/mol. The summed E-state index contributed by atoms with van der Waals surface area (Å²) in [5, 5.41) is 10.3. The Morgan fingerprint density at radius 1 is 1.32 bits per heavy atom. The summed E-state index contributed by atoms with van der Waals surface area (Å²) < 4.78 is 19.9.